The molecule has 0 aromatic carbocycles. The van der Waals surface area contributed by atoms with Crippen molar-refractivity contribution in [2.75, 3.05) is 25.2 Å². The Morgan fingerprint density at radius 2 is 2.41 bits per heavy atom. The third-order valence-corrected chi connectivity index (χ3v) is 5.80. The molecule has 5 nitrogen and oxygen atoms in total. The second-order valence-corrected chi connectivity index (χ2v) is 7.34. The van der Waals surface area contributed by atoms with Crippen molar-refractivity contribution in [2.24, 2.45) is 7.05 Å². The van der Waals surface area contributed by atoms with Crippen molar-refractivity contribution in [1.82, 2.24) is 14.7 Å². The number of hydrogen-bond donors (Lipinski definition) is 0. The summed E-state index contributed by atoms with van der Waals surface area (Å²) < 4.78 is 6.72. The molecule has 1 fully saturated rings. The van der Waals surface area contributed by atoms with Crippen LogP contribution in [0.4, 0.5) is 0 Å². The summed E-state index contributed by atoms with van der Waals surface area (Å²) >= 11 is 3.42. The Morgan fingerprint density at radius 3 is 3.14 bits per heavy atom. The third kappa shape index (κ3) is 3.21. The van der Waals surface area contributed by atoms with Gasteiger partial charge in [-0.15, -0.1) is 11.3 Å². The molecule has 0 saturated carbocycles. The van der Waals surface area contributed by atoms with Crippen LogP contribution in [0.5, 0.6) is 0 Å². The molecule has 1 aliphatic heterocycles. The van der Waals surface area contributed by atoms with Crippen LogP contribution in [0.15, 0.2) is 23.8 Å². The van der Waals surface area contributed by atoms with Crippen LogP contribution in [0.3, 0.4) is 0 Å². The maximum Gasteiger partial charge on any atom is 0.348 e. The SMILES string of the molecule is COC(=O)c1sccc1CN1CCSC[C@@H]1c1cnn(C)c1. The monoisotopic (exact) mass is 337 g/mol. The van der Waals surface area contributed by atoms with Gasteiger partial charge < -0.3 is 4.74 Å². The Balaban J connectivity index is 1.80. The molecular weight excluding hydrogens is 318 g/mol. The van der Waals surface area contributed by atoms with E-state index in [9.17, 15) is 4.79 Å². The topological polar surface area (TPSA) is 47.4 Å². The normalized spacial score (nSPS) is 19.3. The molecule has 0 aliphatic carbocycles. The predicted octanol–water partition coefficient (Wildman–Crippen LogP) is 2.56. The average molecular weight is 337 g/mol. The van der Waals surface area contributed by atoms with Gasteiger partial charge in [0.25, 0.3) is 0 Å². The summed E-state index contributed by atoms with van der Waals surface area (Å²) in [5.74, 6) is 1.94. The van der Waals surface area contributed by atoms with E-state index in [1.807, 2.05) is 41.1 Å². The number of hydrogen-bond acceptors (Lipinski definition) is 6. The minimum atomic E-state index is -0.241. The summed E-state index contributed by atoms with van der Waals surface area (Å²) in [4.78, 5) is 15.0. The van der Waals surface area contributed by atoms with E-state index in [0.29, 0.717) is 10.9 Å². The Bertz CT molecular complexity index is 653. The Morgan fingerprint density at radius 1 is 1.55 bits per heavy atom. The minimum Gasteiger partial charge on any atom is -0.465 e. The van der Waals surface area contributed by atoms with Crippen LogP contribution in [0, 0.1) is 0 Å². The summed E-state index contributed by atoms with van der Waals surface area (Å²) in [5, 5.41) is 6.25. The lowest BCUT2D eigenvalue weighted by Gasteiger charge is -2.34. The van der Waals surface area contributed by atoms with Gasteiger partial charge in [0, 0.05) is 49.4 Å². The van der Waals surface area contributed by atoms with Crippen LogP contribution in [0.2, 0.25) is 0 Å². The second-order valence-electron chi connectivity index (χ2n) is 5.28. The lowest BCUT2D eigenvalue weighted by Crippen LogP contribution is -2.35. The number of nitrogens with zero attached hydrogens (tertiary/aromatic N) is 3. The van der Waals surface area contributed by atoms with Gasteiger partial charge in [0.2, 0.25) is 0 Å². The molecule has 22 heavy (non-hydrogen) atoms. The molecule has 0 spiro atoms. The molecule has 0 N–H and O–H groups in total. The summed E-state index contributed by atoms with van der Waals surface area (Å²) in [7, 11) is 3.37. The Labute approximate surface area is 138 Å². The zero-order valence-corrected chi connectivity index (χ0v) is 14.3. The van der Waals surface area contributed by atoms with Crippen LogP contribution in [0.1, 0.15) is 26.8 Å². The molecule has 7 heteroatoms. The molecule has 1 atom stereocenters. The van der Waals surface area contributed by atoms with Crippen LogP contribution >= 0.6 is 23.1 Å². The first-order valence-electron chi connectivity index (χ1n) is 7.14. The van der Waals surface area contributed by atoms with Gasteiger partial charge in [0.05, 0.1) is 13.3 Å². The first-order valence-corrected chi connectivity index (χ1v) is 9.17. The number of ether oxygens (including phenoxy) is 1. The number of carbonyl (C=O) groups excluding carboxylic acids is 1. The number of carbonyl (C=O) groups is 1. The molecule has 0 amide bonds. The summed E-state index contributed by atoms with van der Waals surface area (Å²) in [6.07, 6.45) is 4.02. The summed E-state index contributed by atoms with van der Waals surface area (Å²) in [6, 6.07) is 2.37. The standard InChI is InChI=1S/C15H19N3O2S2/c1-17-8-12(7-16-17)13-10-21-6-4-18(13)9-11-3-5-22-14(11)15(19)20-2/h3,5,7-8,13H,4,6,9-10H2,1-2H3/t13-/m1/s1. The van der Waals surface area contributed by atoms with Crippen LogP contribution in [-0.2, 0) is 18.3 Å². The molecule has 3 rings (SSSR count). The highest BCUT2D eigenvalue weighted by atomic mass is 32.2. The van der Waals surface area contributed by atoms with Crippen LogP contribution in [0.25, 0.3) is 0 Å². The molecule has 0 bridgehead atoms. The van der Waals surface area contributed by atoms with Gasteiger partial charge in [-0.25, -0.2) is 4.79 Å². The molecule has 0 radical (unpaired) electrons. The van der Waals surface area contributed by atoms with E-state index in [1.54, 1.807) is 0 Å². The number of aromatic nitrogens is 2. The molecule has 3 heterocycles. The lowest BCUT2D eigenvalue weighted by atomic mass is 10.1. The van der Waals surface area contributed by atoms with Gasteiger partial charge in [-0.2, -0.15) is 16.9 Å². The molecule has 0 unspecified atom stereocenters. The predicted molar refractivity (Wildman–Crippen MR) is 89.3 cm³/mol. The van der Waals surface area contributed by atoms with Gasteiger partial charge in [-0.3, -0.25) is 9.58 Å². The van der Waals surface area contributed by atoms with E-state index in [4.69, 9.17) is 4.74 Å². The van der Waals surface area contributed by atoms with E-state index < -0.39 is 0 Å². The fraction of sp³-hybridized carbons (Fsp3) is 0.467. The summed E-state index contributed by atoms with van der Waals surface area (Å²) in [5.41, 5.74) is 2.29. The number of methoxy groups -OCH3 is 1. The summed E-state index contributed by atoms with van der Waals surface area (Å²) in [6.45, 7) is 1.79. The molecule has 118 valence electrons. The maximum absolute atomic E-state index is 11.8. The number of rotatable bonds is 4. The Kier molecular flexibility index (Phi) is 4.85. The maximum atomic E-state index is 11.8. The van der Waals surface area contributed by atoms with E-state index in [0.717, 1.165) is 30.2 Å². The highest BCUT2D eigenvalue weighted by Gasteiger charge is 2.27. The molecule has 2 aromatic heterocycles. The Hall–Kier alpha value is -1.31. The smallest absolute Gasteiger partial charge is 0.348 e. The van der Waals surface area contributed by atoms with Crippen molar-refractivity contribution in [3.05, 3.63) is 39.8 Å². The zero-order chi connectivity index (χ0) is 15.5. The third-order valence-electron chi connectivity index (χ3n) is 3.84. The molecule has 1 saturated heterocycles. The second kappa shape index (κ2) is 6.85. The number of thiophene rings is 1. The van der Waals surface area contributed by atoms with Gasteiger partial charge in [-0.1, -0.05) is 0 Å². The first-order chi connectivity index (χ1) is 10.7. The van der Waals surface area contributed by atoms with Crippen molar-refractivity contribution >= 4 is 29.1 Å². The van der Waals surface area contributed by atoms with Crippen LogP contribution < -0.4 is 0 Å². The first kappa shape index (κ1) is 15.6. The largest absolute Gasteiger partial charge is 0.465 e. The quantitative estimate of drug-likeness (QED) is 0.803. The van der Waals surface area contributed by atoms with Crippen molar-refractivity contribution in [1.29, 1.82) is 0 Å². The van der Waals surface area contributed by atoms with Crippen molar-refractivity contribution < 1.29 is 9.53 Å². The van der Waals surface area contributed by atoms with Crippen LogP contribution in [-0.4, -0.2) is 45.8 Å². The number of thioether (sulfide) groups is 1. The minimum absolute atomic E-state index is 0.241. The highest BCUT2D eigenvalue weighted by Crippen LogP contribution is 2.32. The van der Waals surface area contributed by atoms with Gasteiger partial charge in [0.1, 0.15) is 4.88 Å². The fourth-order valence-corrected chi connectivity index (χ4v) is 4.69. The van der Waals surface area contributed by atoms with Gasteiger partial charge >= 0.3 is 5.97 Å². The number of aryl methyl sites for hydroxylation is 1. The highest BCUT2D eigenvalue weighted by molar-refractivity contribution is 7.99. The zero-order valence-electron chi connectivity index (χ0n) is 12.7. The van der Waals surface area contributed by atoms with Gasteiger partial charge in [-0.05, 0) is 17.0 Å². The van der Waals surface area contributed by atoms with Crippen molar-refractivity contribution in [2.45, 2.75) is 12.6 Å². The van der Waals surface area contributed by atoms with E-state index >= 15 is 0 Å². The van der Waals surface area contributed by atoms with E-state index in [2.05, 4.69) is 16.2 Å². The lowest BCUT2D eigenvalue weighted by molar-refractivity contribution is 0.0603. The van der Waals surface area contributed by atoms with E-state index in [1.165, 1.54) is 24.0 Å². The van der Waals surface area contributed by atoms with Crippen molar-refractivity contribution in [3.63, 3.8) is 0 Å². The van der Waals surface area contributed by atoms with Gasteiger partial charge in [0.15, 0.2) is 0 Å². The molecule has 1 aliphatic rings. The number of esters is 1. The van der Waals surface area contributed by atoms with E-state index in [-0.39, 0.29) is 5.97 Å². The fourth-order valence-electron chi connectivity index (χ4n) is 2.70. The average Bonchev–Trinajstić information content (AvgIpc) is 3.16. The molecule has 2 aromatic rings. The van der Waals surface area contributed by atoms with Crippen molar-refractivity contribution in [3.8, 4) is 0 Å². The molecular formula is C15H19N3O2S2.